The van der Waals surface area contributed by atoms with Gasteiger partial charge in [0.05, 0.1) is 4.90 Å². The number of rotatable bonds is 3. The number of sulfonamides is 1. The monoisotopic (exact) mass is 334 g/mol. The minimum absolute atomic E-state index is 0.0672. The van der Waals surface area contributed by atoms with Gasteiger partial charge in [-0.25, -0.2) is 13.6 Å². The fraction of sp³-hybridized carbons (Fsp3) is 0.133. The molecule has 0 radical (unpaired) electrons. The molecule has 0 aliphatic carbocycles. The second-order valence-electron chi connectivity index (χ2n) is 4.93. The number of ether oxygens (including phenoxy) is 2. The molecule has 0 aromatic heterocycles. The Morgan fingerprint density at radius 1 is 1.13 bits per heavy atom. The van der Waals surface area contributed by atoms with Crippen LogP contribution in [-0.2, 0) is 14.8 Å². The standard InChI is InChI=1S/C15H14N2O5S/c16-23(19,20)11-5-3-4-10(8-11)17-15(18)14-9-21-12-6-1-2-7-13(12)22-14/h1-8,14H,9H2,(H,17,18)(H2,16,19,20)/t14-/m1/s1. The zero-order valence-corrected chi connectivity index (χ0v) is 12.7. The highest BCUT2D eigenvalue weighted by Gasteiger charge is 2.27. The Labute approximate surface area is 133 Å². The lowest BCUT2D eigenvalue weighted by molar-refractivity contribution is -0.125. The molecule has 1 amide bonds. The Morgan fingerprint density at radius 3 is 2.61 bits per heavy atom. The van der Waals surface area contributed by atoms with Gasteiger partial charge in [0.1, 0.15) is 6.61 Å². The minimum Gasteiger partial charge on any atom is -0.485 e. The summed E-state index contributed by atoms with van der Waals surface area (Å²) in [4.78, 5) is 12.2. The molecule has 8 heteroatoms. The number of carbonyl (C=O) groups excluding carboxylic acids is 1. The van der Waals surface area contributed by atoms with Crippen LogP contribution in [0.1, 0.15) is 0 Å². The van der Waals surface area contributed by atoms with E-state index in [0.29, 0.717) is 17.2 Å². The number of hydrogen-bond donors (Lipinski definition) is 2. The largest absolute Gasteiger partial charge is 0.485 e. The van der Waals surface area contributed by atoms with Gasteiger partial charge >= 0.3 is 0 Å². The highest BCUT2D eigenvalue weighted by molar-refractivity contribution is 7.89. The van der Waals surface area contributed by atoms with Crippen molar-refractivity contribution in [2.24, 2.45) is 5.14 Å². The van der Waals surface area contributed by atoms with E-state index in [1.165, 1.54) is 18.2 Å². The molecule has 23 heavy (non-hydrogen) atoms. The van der Waals surface area contributed by atoms with Gasteiger partial charge in [0.2, 0.25) is 16.1 Å². The van der Waals surface area contributed by atoms with E-state index in [4.69, 9.17) is 14.6 Å². The number of para-hydroxylation sites is 2. The lowest BCUT2D eigenvalue weighted by Gasteiger charge is -2.25. The van der Waals surface area contributed by atoms with E-state index >= 15 is 0 Å². The van der Waals surface area contributed by atoms with Crippen LogP contribution in [0.4, 0.5) is 5.69 Å². The lowest BCUT2D eigenvalue weighted by Crippen LogP contribution is -2.40. The summed E-state index contributed by atoms with van der Waals surface area (Å²) in [5.41, 5.74) is 0.309. The van der Waals surface area contributed by atoms with Crippen molar-refractivity contribution in [3.8, 4) is 11.5 Å². The van der Waals surface area contributed by atoms with Gasteiger partial charge in [-0.3, -0.25) is 4.79 Å². The highest BCUT2D eigenvalue weighted by atomic mass is 32.2. The first-order valence-electron chi connectivity index (χ1n) is 6.76. The zero-order chi connectivity index (χ0) is 16.4. The van der Waals surface area contributed by atoms with Crippen LogP contribution in [0.2, 0.25) is 0 Å². The Balaban J connectivity index is 1.73. The average Bonchev–Trinajstić information content (AvgIpc) is 2.54. The van der Waals surface area contributed by atoms with Crippen molar-refractivity contribution >= 4 is 21.6 Å². The molecule has 3 N–H and O–H groups in total. The summed E-state index contributed by atoms with van der Waals surface area (Å²) in [6.07, 6.45) is -0.831. The van der Waals surface area contributed by atoms with E-state index in [-0.39, 0.29) is 11.5 Å². The van der Waals surface area contributed by atoms with Crippen molar-refractivity contribution in [1.82, 2.24) is 0 Å². The molecular formula is C15H14N2O5S. The van der Waals surface area contributed by atoms with Crippen LogP contribution in [0.5, 0.6) is 11.5 Å². The number of nitrogens with one attached hydrogen (secondary N) is 1. The Hall–Kier alpha value is -2.58. The Bertz CT molecular complexity index is 850. The van der Waals surface area contributed by atoms with Gasteiger partial charge in [-0.1, -0.05) is 18.2 Å². The number of benzene rings is 2. The van der Waals surface area contributed by atoms with Gasteiger partial charge in [0.25, 0.3) is 5.91 Å². The molecule has 120 valence electrons. The first-order chi connectivity index (χ1) is 10.9. The predicted octanol–water partition coefficient (Wildman–Crippen LogP) is 1.11. The molecule has 2 aromatic carbocycles. The molecule has 7 nitrogen and oxygen atoms in total. The average molecular weight is 334 g/mol. The van der Waals surface area contributed by atoms with Crippen LogP contribution < -0.4 is 19.9 Å². The third-order valence-electron chi connectivity index (χ3n) is 3.23. The van der Waals surface area contributed by atoms with E-state index in [0.717, 1.165) is 0 Å². The Morgan fingerprint density at radius 2 is 1.87 bits per heavy atom. The molecule has 0 saturated heterocycles. The molecule has 1 aliphatic rings. The molecule has 0 unspecified atom stereocenters. The van der Waals surface area contributed by atoms with Crippen LogP contribution >= 0.6 is 0 Å². The van der Waals surface area contributed by atoms with Gasteiger partial charge in [-0.05, 0) is 30.3 Å². The first kappa shape index (κ1) is 15.3. The van der Waals surface area contributed by atoms with Crippen LogP contribution in [-0.4, -0.2) is 27.0 Å². The molecule has 3 rings (SSSR count). The van der Waals surface area contributed by atoms with Gasteiger partial charge < -0.3 is 14.8 Å². The number of fused-ring (bicyclic) bond motifs is 1. The third kappa shape index (κ3) is 3.43. The maximum absolute atomic E-state index is 12.2. The summed E-state index contributed by atoms with van der Waals surface area (Å²) in [6.45, 7) is 0.0672. The molecular weight excluding hydrogens is 320 g/mol. The summed E-state index contributed by atoms with van der Waals surface area (Å²) in [5, 5.41) is 7.66. The molecule has 1 aliphatic heterocycles. The fourth-order valence-corrected chi connectivity index (χ4v) is 2.68. The molecule has 1 atom stereocenters. The predicted molar refractivity (Wildman–Crippen MR) is 82.8 cm³/mol. The van der Waals surface area contributed by atoms with E-state index in [1.807, 2.05) is 0 Å². The van der Waals surface area contributed by atoms with Crippen molar-refractivity contribution < 1.29 is 22.7 Å². The van der Waals surface area contributed by atoms with Crippen molar-refractivity contribution in [2.75, 3.05) is 11.9 Å². The van der Waals surface area contributed by atoms with Gasteiger partial charge in [0.15, 0.2) is 11.5 Å². The second kappa shape index (κ2) is 5.90. The van der Waals surface area contributed by atoms with Crippen LogP contribution in [0.15, 0.2) is 53.4 Å². The van der Waals surface area contributed by atoms with Crippen molar-refractivity contribution in [2.45, 2.75) is 11.0 Å². The maximum Gasteiger partial charge on any atom is 0.269 e. The van der Waals surface area contributed by atoms with E-state index in [9.17, 15) is 13.2 Å². The second-order valence-corrected chi connectivity index (χ2v) is 6.49. The van der Waals surface area contributed by atoms with Crippen LogP contribution in [0, 0.1) is 0 Å². The summed E-state index contributed by atoms with van der Waals surface area (Å²) < 4.78 is 33.7. The molecule has 0 spiro atoms. The maximum atomic E-state index is 12.2. The molecule has 0 bridgehead atoms. The quantitative estimate of drug-likeness (QED) is 0.874. The van der Waals surface area contributed by atoms with Crippen LogP contribution in [0.25, 0.3) is 0 Å². The number of anilines is 1. The van der Waals surface area contributed by atoms with Gasteiger partial charge in [0, 0.05) is 5.69 Å². The number of nitrogens with two attached hydrogens (primary N) is 1. The van der Waals surface area contributed by atoms with E-state index < -0.39 is 22.0 Å². The summed E-state index contributed by atoms with van der Waals surface area (Å²) >= 11 is 0. The minimum atomic E-state index is -3.83. The van der Waals surface area contributed by atoms with Gasteiger partial charge in [-0.15, -0.1) is 0 Å². The van der Waals surface area contributed by atoms with Crippen molar-refractivity contribution in [3.05, 3.63) is 48.5 Å². The SMILES string of the molecule is NS(=O)(=O)c1cccc(NC(=O)[C@H]2COc3ccccc3O2)c1. The molecule has 1 heterocycles. The summed E-state index contributed by atoms with van der Waals surface area (Å²) in [7, 11) is -3.83. The highest BCUT2D eigenvalue weighted by Crippen LogP contribution is 2.31. The molecule has 0 fully saturated rings. The normalized spacial score (nSPS) is 16.7. The number of carbonyl (C=O) groups is 1. The molecule has 0 saturated carbocycles. The fourth-order valence-electron chi connectivity index (χ4n) is 2.12. The van der Waals surface area contributed by atoms with E-state index in [2.05, 4.69) is 5.32 Å². The smallest absolute Gasteiger partial charge is 0.269 e. The zero-order valence-electron chi connectivity index (χ0n) is 11.9. The lowest BCUT2D eigenvalue weighted by atomic mass is 10.2. The number of hydrogen-bond acceptors (Lipinski definition) is 5. The Kier molecular flexibility index (Phi) is 3.93. The topological polar surface area (TPSA) is 108 Å². The third-order valence-corrected chi connectivity index (χ3v) is 4.14. The summed E-state index contributed by atoms with van der Waals surface area (Å²) in [5.74, 6) is 0.621. The number of amides is 1. The first-order valence-corrected chi connectivity index (χ1v) is 8.30. The van der Waals surface area contributed by atoms with E-state index in [1.54, 1.807) is 30.3 Å². The summed E-state index contributed by atoms with van der Waals surface area (Å²) in [6, 6.07) is 12.7. The molecule has 2 aromatic rings. The van der Waals surface area contributed by atoms with Crippen molar-refractivity contribution in [3.63, 3.8) is 0 Å². The van der Waals surface area contributed by atoms with Crippen molar-refractivity contribution in [1.29, 1.82) is 0 Å². The number of primary sulfonamides is 1. The van der Waals surface area contributed by atoms with Gasteiger partial charge in [-0.2, -0.15) is 0 Å². The van der Waals surface area contributed by atoms with Crippen LogP contribution in [0.3, 0.4) is 0 Å².